The number of nitrogens with one attached hydrogen (secondary N) is 1. The molecular weight excluding hydrogens is 240 g/mol. The Hall–Kier alpha value is -1.14. The molecule has 0 aromatic carbocycles. The summed E-state index contributed by atoms with van der Waals surface area (Å²) in [5.41, 5.74) is 0. The van der Waals surface area contributed by atoms with E-state index in [1.807, 2.05) is 0 Å². The van der Waals surface area contributed by atoms with Gasteiger partial charge in [-0.15, -0.1) is 0 Å². The lowest BCUT2D eigenvalue weighted by Crippen LogP contribution is -2.06. The summed E-state index contributed by atoms with van der Waals surface area (Å²) in [6.07, 6.45) is 4.91. The van der Waals surface area contributed by atoms with E-state index in [9.17, 15) is 4.79 Å². The molecule has 2 N–H and O–H groups in total. The third-order valence-electron chi connectivity index (χ3n) is 2.51. The second-order valence-corrected chi connectivity index (χ2v) is 5.16. The number of thiazole rings is 1. The first-order valence-corrected chi connectivity index (χ1v) is 6.58. The van der Waals surface area contributed by atoms with E-state index < -0.39 is 5.97 Å². The molecule has 0 saturated heterocycles. The zero-order valence-corrected chi connectivity index (χ0v) is 10.3. The van der Waals surface area contributed by atoms with Crippen molar-refractivity contribution in [2.24, 2.45) is 5.92 Å². The Morgan fingerprint density at radius 3 is 3.12 bits per heavy atom. The van der Waals surface area contributed by atoms with Crippen LogP contribution in [0.2, 0.25) is 0 Å². The van der Waals surface area contributed by atoms with Crippen LogP contribution in [-0.4, -0.2) is 35.8 Å². The molecule has 1 saturated carbocycles. The highest BCUT2D eigenvalue weighted by Gasteiger charge is 2.20. The lowest BCUT2D eigenvalue weighted by molar-refractivity contribution is 0.0702. The summed E-state index contributed by atoms with van der Waals surface area (Å²) in [4.78, 5) is 14.9. The van der Waals surface area contributed by atoms with Crippen LogP contribution in [0.15, 0.2) is 6.20 Å². The minimum atomic E-state index is -0.927. The Bertz CT molecular complexity index is 377. The maximum absolute atomic E-state index is 10.6. The van der Waals surface area contributed by atoms with E-state index >= 15 is 0 Å². The lowest BCUT2D eigenvalue weighted by Gasteiger charge is -2.03. The fourth-order valence-corrected chi connectivity index (χ4v) is 2.04. The molecule has 94 valence electrons. The van der Waals surface area contributed by atoms with Gasteiger partial charge in [0.1, 0.15) is 4.88 Å². The molecule has 0 radical (unpaired) electrons. The van der Waals surface area contributed by atoms with Crippen molar-refractivity contribution in [3.05, 3.63) is 11.1 Å². The number of aromatic nitrogens is 1. The van der Waals surface area contributed by atoms with E-state index in [2.05, 4.69) is 10.3 Å². The van der Waals surface area contributed by atoms with E-state index in [4.69, 9.17) is 9.84 Å². The fraction of sp³-hybridized carbons (Fsp3) is 0.636. The third-order valence-corrected chi connectivity index (χ3v) is 3.45. The van der Waals surface area contributed by atoms with Gasteiger partial charge in [0.2, 0.25) is 0 Å². The van der Waals surface area contributed by atoms with Gasteiger partial charge in [0.05, 0.1) is 6.20 Å². The molecule has 1 aliphatic carbocycles. The van der Waals surface area contributed by atoms with Gasteiger partial charge >= 0.3 is 5.97 Å². The Morgan fingerprint density at radius 1 is 1.65 bits per heavy atom. The Kier molecular flexibility index (Phi) is 4.33. The van der Waals surface area contributed by atoms with Crippen LogP contribution in [-0.2, 0) is 4.74 Å². The molecule has 2 rings (SSSR count). The van der Waals surface area contributed by atoms with Crippen molar-refractivity contribution < 1.29 is 14.6 Å². The van der Waals surface area contributed by atoms with Gasteiger partial charge in [0.15, 0.2) is 5.13 Å². The summed E-state index contributed by atoms with van der Waals surface area (Å²) in [5.74, 6) is -0.122. The number of hydrogen-bond donors (Lipinski definition) is 2. The molecule has 0 amide bonds. The number of nitrogens with zero attached hydrogens (tertiary/aromatic N) is 1. The molecule has 0 bridgehead atoms. The standard InChI is InChI=1S/C11H16N2O3S/c14-10(15)9-6-13-11(17-9)12-4-1-5-16-7-8-2-3-8/h6,8H,1-5,7H2,(H,12,13)(H,14,15). The minimum Gasteiger partial charge on any atom is -0.477 e. The predicted molar refractivity (Wildman–Crippen MR) is 65.7 cm³/mol. The number of anilines is 1. The summed E-state index contributed by atoms with van der Waals surface area (Å²) >= 11 is 1.16. The van der Waals surface area contributed by atoms with Gasteiger partial charge in [0, 0.05) is 19.8 Å². The van der Waals surface area contributed by atoms with Crippen LogP contribution >= 0.6 is 11.3 Å². The summed E-state index contributed by atoms with van der Waals surface area (Å²) in [5, 5.41) is 12.5. The van der Waals surface area contributed by atoms with E-state index in [1.54, 1.807) is 0 Å². The second kappa shape index (κ2) is 5.97. The van der Waals surface area contributed by atoms with Crippen LogP contribution < -0.4 is 5.32 Å². The second-order valence-electron chi connectivity index (χ2n) is 4.13. The topological polar surface area (TPSA) is 71.5 Å². The number of ether oxygens (including phenoxy) is 1. The highest BCUT2D eigenvalue weighted by molar-refractivity contribution is 7.17. The molecule has 0 unspecified atom stereocenters. The molecule has 5 nitrogen and oxygen atoms in total. The van der Waals surface area contributed by atoms with Crippen LogP contribution in [0.4, 0.5) is 5.13 Å². The quantitative estimate of drug-likeness (QED) is 0.697. The van der Waals surface area contributed by atoms with Crippen molar-refractivity contribution in [3.63, 3.8) is 0 Å². The Balaban J connectivity index is 1.55. The van der Waals surface area contributed by atoms with E-state index in [0.717, 1.165) is 43.4 Å². The van der Waals surface area contributed by atoms with Gasteiger partial charge in [-0.3, -0.25) is 0 Å². The Morgan fingerprint density at radius 2 is 2.47 bits per heavy atom. The summed E-state index contributed by atoms with van der Waals surface area (Å²) in [6, 6.07) is 0. The van der Waals surface area contributed by atoms with Crippen molar-refractivity contribution in [1.29, 1.82) is 0 Å². The molecule has 6 heteroatoms. The average Bonchev–Trinajstić information content (AvgIpc) is 3.00. The van der Waals surface area contributed by atoms with E-state index in [-0.39, 0.29) is 4.88 Å². The lowest BCUT2D eigenvalue weighted by atomic mass is 10.4. The van der Waals surface area contributed by atoms with Crippen LogP contribution in [0.25, 0.3) is 0 Å². The number of carboxylic acids is 1. The molecule has 0 atom stereocenters. The number of aromatic carboxylic acids is 1. The number of hydrogen-bond acceptors (Lipinski definition) is 5. The normalized spacial score (nSPS) is 14.8. The SMILES string of the molecule is O=C(O)c1cnc(NCCCOCC2CC2)s1. The molecule has 0 spiro atoms. The van der Waals surface area contributed by atoms with E-state index in [0.29, 0.717) is 5.13 Å². The maximum Gasteiger partial charge on any atom is 0.347 e. The van der Waals surface area contributed by atoms with Crippen LogP contribution in [0.3, 0.4) is 0 Å². The van der Waals surface area contributed by atoms with Crippen LogP contribution in [0, 0.1) is 5.92 Å². The smallest absolute Gasteiger partial charge is 0.347 e. The van der Waals surface area contributed by atoms with E-state index in [1.165, 1.54) is 19.0 Å². The number of carboxylic acid groups (broad SMARTS) is 1. The molecule has 1 aromatic rings. The zero-order chi connectivity index (χ0) is 12.1. The molecule has 0 aliphatic heterocycles. The molecule has 1 aromatic heterocycles. The van der Waals surface area contributed by atoms with Crippen molar-refractivity contribution in [1.82, 2.24) is 4.98 Å². The predicted octanol–water partition coefficient (Wildman–Crippen LogP) is 2.07. The molecule has 1 heterocycles. The molecule has 17 heavy (non-hydrogen) atoms. The fourth-order valence-electron chi connectivity index (χ4n) is 1.36. The largest absolute Gasteiger partial charge is 0.477 e. The van der Waals surface area contributed by atoms with Gasteiger partial charge < -0.3 is 15.2 Å². The van der Waals surface area contributed by atoms with Gasteiger partial charge in [-0.05, 0) is 25.2 Å². The summed E-state index contributed by atoms with van der Waals surface area (Å²) in [6.45, 7) is 2.40. The highest BCUT2D eigenvalue weighted by Crippen LogP contribution is 2.28. The monoisotopic (exact) mass is 256 g/mol. The maximum atomic E-state index is 10.6. The summed E-state index contributed by atoms with van der Waals surface area (Å²) in [7, 11) is 0. The average molecular weight is 256 g/mol. The number of carbonyl (C=O) groups is 1. The Labute approximate surface area is 104 Å². The van der Waals surface area contributed by atoms with Gasteiger partial charge in [0.25, 0.3) is 0 Å². The first kappa shape index (κ1) is 12.3. The van der Waals surface area contributed by atoms with Crippen molar-refractivity contribution in [2.45, 2.75) is 19.3 Å². The zero-order valence-electron chi connectivity index (χ0n) is 9.52. The van der Waals surface area contributed by atoms with Crippen molar-refractivity contribution in [2.75, 3.05) is 25.1 Å². The van der Waals surface area contributed by atoms with Gasteiger partial charge in [-0.2, -0.15) is 0 Å². The molecule has 1 aliphatic rings. The molecular formula is C11H16N2O3S. The first-order chi connectivity index (χ1) is 8.25. The number of rotatable bonds is 8. The van der Waals surface area contributed by atoms with Gasteiger partial charge in [-0.1, -0.05) is 11.3 Å². The van der Waals surface area contributed by atoms with Crippen LogP contribution in [0.5, 0.6) is 0 Å². The van der Waals surface area contributed by atoms with Crippen molar-refractivity contribution in [3.8, 4) is 0 Å². The first-order valence-electron chi connectivity index (χ1n) is 5.76. The summed E-state index contributed by atoms with van der Waals surface area (Å²) < 4.78 is 5.49. The van der Waals surface area contributed by atoms with Crippen LogP contribution in [0.1, 0.15) is 28.9 Å². The third kappa shape index (κ3) is 4.32. The highest BCUT2D eigenvalue weighted by atomic mass is 32.1. The van der Waals surface area contributed by atoms with Crippen molar-refractivity contribution >= 4 is 22.4 Å². The minimum absolute atomic E-state index is 0.262. The molecule has 1 fully saturated rings. The van der Waals surface area contributed by atoms with Gasteiger partial charge in [-0.25, -0.2) is 9.78 Å².